The zero-order valence-corrected chi connectivity index (χ0v) is 18.5. The van der Waals surface area contributed by atoms with Crippen LogP contribution in [0.2, 0.25) is 0 Å². The molecule has 4 aromatic rings. The fourth-order valence-electron chi connectivity index (χ4n) is 3.11. The lowest BCUT2D eigenvalue weighted by molar-refractivity contribution is 0.454. The average Bonchev–Trinajstić information content (AvgIpc) is 2.80. The van der Waals surface area contributed by atoms with E-state index < -0.39 is 31.3 Å². The minimum absolute atomic E-state index is 0.108. The second-order valence-corrected chi connectivity index (χ2v) is 10.7. The lowest BCUT2D eigenvalue weighted by Gasteiger charge is -2.15. The summed E-state index contributed by atoms with van der Waals surface area (Å²) >= 11 is 0. The summed E-state index contributed by atoms with van der Waals surface area (Å²) in [4.78, 5) is -0.726. The van der Waals surface area contributed by atoms with Gasteiger partial charge in [0.25, 0.3) is 0 Å². The van der Waals surface area contributed by atoms with E-state index in [0.717, 1.165) is 48.5 Å². The zero-order valence-electron chi connectivity index (χ0n) is 16.9. The minimum Gasteiger partial charge on any atom is -0.455 e. The van der Waals surface area contributed by atoms with Crippen LogP contribution >= 0.6 is 0 Å². The maximum atomic E-state index is 13.3. The molecule has 0 fully saturated rings. The van der Waals surface area contributed by atoms with Gasteiger partial charge in [-0.3, -0.25) is 0 Å². The van der Waals surface area contributed by atoms with Crippen molar-refractivity contribution in [1.82, 2.24) is 0 Å². The number of benzene rings is 4. The molecule has 0 saturated heterocycles. The first-order chi connectivity index (χ1) is 15.7. The molecule has 0 heterocycles. The Morgan fingerprint density at radius 1 is 0.485 bits per heavy atom. The van der Waals surface area contributed by atoms with Gasteiger partial charge in [0.2, 0.25) is 19.7 Å². The van der Waals surface area contributed by atoms with E-state index in [1.54, 1.807) is 0 Å². The van der Waals surface area contributed by atoms with Crippen molar-refractivity contribution in [2.45, 2.75) is 19.6 Å². The van der Waals surface area contributed by atoms with E-state index in [9.17, 15) is 25.6 Å². The maximum Gasteiger partial charge on any atom is 0.210 e. The van der Waals surface area contributed by atoms with E-state index in [-0.39, 0.29) is 31.1 Å². The SMILES string of the molecule is O=S(=O)(c1ccc(F)cc1)c1ccccc1Oc1ccccc1S(=O)(=O)c1ccc(F)cc1. The standard InChI is InChI=1S/C24H16F2O5S2/c25-17-9-13-19(14-10-17)32(27,28)23-7-3-1-5-21(23)31-22-6-2-4-8-24(22)33(29,30)20-15-11-18(26)12-16-20/h1-16H. The highest BCUT2D eigenvalue weighted by atomic mass is 32.2. The summed E-state index contributed by atoms with van der Waals surface area (Å²) in [7, 11) is -8.19. The van der Waals surface area contributed by atoms with Crippen LogP contribution in [-0.4, -0.2) is 16.8 Å². The molecule has 0 aromatic heterocycles. The fraction of sp³-hybridized carbons (Fsp3) is 0. The Balaban J connectivity index is 1.78. The van der Waals surface area contributed by atoms with Crippen molar-refractivity contribution in [3.05, 3.63) is 109 Å². The predicted octanol–water partition coefficient (Wildman–Crippen LogP) is 5.42. The summed E-state index contributed by atoms with van der Waals surface area (Å²) in [5, 5.41) is 0. The smallest absolute Gasteiger partial charge is 0.210 e. The number of sulfone groups is 2. The molecule has 168 valence electrons. The quantitative estimate of drug-likeness (QED) is 0.340. The molecule has 0 atom stereocenters. The van der Waals surface area contributed by atoms with E-state index in [1.807, 2.05) is 0 Å². The van der Waals surface area contributed by atoms with Crippen molar-refractivity contribution in [3.63, 3.8) is 0 Å². The summed E-state index contributed by atoms with van der Waals surface area (Å²) in [6.45, 7) is 0. The monoisotopic (exact) mass is 486 g/mol. The number of hydrogen-bond acceptors (Lipinski definition) is 5. The highest BCUT2D eigenvalue weighted by molar-refractivity contribution is 7.92. The van der Waals surface area contributed by atoms with Crippen molar-refractivity contribution in [1.29, 1.82) is 0 Å². The normalized spacial score (nSPS) is 11.8. The molecule has 0 saturated carbocycles. The molecular weight excluding hydrogens is 470 g/mol. The van der Waals surface area contributed by atoms with Gasteiger partial charge in [-0.2, -0.15) is 0 Å². The van der Waals surface area contributed by atoms with Crippen LogP contribution in [0.25, 0.3) is 0 Å². The van der Waals surface area contributed by atoms with E-state index in [0.29, 0.717) is 0 Å². The molecule has 0 N–H and O–H groups in total. The van der Waals surface area contributed by atoms with Crippen LogP contribution in [0.3, 0.4) is 0 Å². The number of rotatable bonds is 6. The van der Waals surface area contributed by atoms with Gasteiger partial charge in [-0.05, 0) is 72.8 Å². The Bertz CT molecular complexity index is 1400. The molecule has 0 spiro atoms. The predicted molar refractivity (Wildman–Crippen MR) is 117 cm³/mol. The van der Waals surface area contributed by atoms with Gasteiger partial charge < -0.3 is 4.74 Å². The van der Waals surface area contributed by atoms with Crippen LogP contribution in [0, 0.1) is 11.6 Å². The van der Waals surface area contributed by atoms with Gasteiger partial charge in [-0.15, -0.1) is 0 Å². The fourth-order valence-corrected chi connectivity index (χ4v) is 5.87. The average molecular weight is 487 g/mol. The lowest BCUT2D eigenvalue weighted by Crippen LogP contribution is -2.07. The van der Waals surface area contributed by atoms with Gasteiger partial charge in [0.1, 0.15) is 32.9 Å². The third kappa shape index (κ3) is 4.50. The van der Waals surface area contributed by atoms with Crippen molar-refractivity contribution < 1.29 is 30.4 Å². The van der Waals surface area contributed by atoms with Crippen molar-refractivity contribution >= 4 is 19.7 Å². The first kappa shape index (κ1) is 22.6. The van der Waals surface area contributed by atoms with Crippen molar-refractivity contribution in [2.75, 3.05) is 0 Å². The second kappa shape index (κ2) is 8.76. The molecule has 0 aliphatic carbocycles. The Kier molecular flexibility index (Phi) is 6.01. The number of halogens is 2. The molecule has 0 unspecified atom stereocenters. The maximum absolute atomic E-state index is 13.3. The molecule has 33 heavy (non-hydrogen) atoms. The summed E-state index contributed by atoms with van der Waals surface area (Å²) in [6.07, 6.45) is 0. The number of para-hydroxylation sites is 2. The van der Waals surface area contributed by atoms with Crippen molar-refractivity contribution in [3.8, 4) is 11.5 Å². The molecule has 0 bridgehead atoms. The number of hydrogen-bond donors (Lipinski definition) is 0. The van der Waals surface area contributed by atoms with Crippen LogP contribution in [0.15, 0.2) is 117 Å². The molecular formula is C24H16F2O5S2. The molecule has 5 nitrogen and oxygen atoms in total. The molecule has 0 radical (unpaired) electrons. The Hall–Kier alpha value is -3.56. The second-order valence-electron chi connectivity index (χ2n) is 6.91. The number of ether oxygens (including phenoxy) is 1. The third-order valence-corrected chi connectivity index (χ3v) is 8.36. The van der Waals surface area contributed by atoms with E-state index in [2.05, 4.69) is 0 Å². The van der Waals surface area contributed by atoms with Gasteiger partial charge in [-0.25, -0.2) is 25.6 Å². The van der Waals surface area contributed by atoms with Gasteiger partial charge >= 0.3 is 0 Å². The van der Waals surface area contributed by atoms with Gasteiger partial charge in [-0.1, -0.05) is 24.3 Å². The first-order valence-electron chi connectivity index (χ1n) is 9.57. The van der Waals surface area contributed by atoms with Gasteiger partial charge in [0.05, 0.1) is 9.79 Å². The summed E-state index contributed by atoms with van der Waals surface area (Å²) in [5.74, 6) is -1.39. The van der Waals surface area contributed by atoms with Crippen LogP contribution in [0.5, 0.6) is 11.5 Å². The van der Waals surface area contributed by atoms with Crippen LogP contribution in [0.1, 0.15) is 0 Å². The molecule has 4 aromatic carbocycles. The van der Waals surface area contributed by atoms with Crippen LogP contribution in [0.4, 0.5) is 8.78 Å². The largest absolute Gasteiger partial charge is 0.455 e. The molecule has 9 heteroatoms. The van der Waals surface area contributed by atoms with E-state index in [4.69, 9.17) is 4.74 Å². The molecule has 0 aliphatic rings. The Morgan fingerprint density at radius 2 is 0.818 bits per heavy atom. The highest BCUT2D eigenvalue weighted by Gasteiger charge is 2.26. The van der Waals surface area contributed by atoms with Gasteiger partial charge in [0.15, 0.2) is 0 Å². The van der Waals surface area contributed by atoms with Crippen molar-refractivity contribution in [2.24, 2.45) is 0 Å². The minimum atomic E-state index is -4.09. The summed E-state index contributed by atoms with van der Waals surface area (Å²) < 4.78 is 84.9. The zero-order chi connectivity index (χ0) is 23.6. The molecule has 0 aliphatic heterocycles. The van der Waals surface area contributed by atoms with Crippen LogP contribution < -0.4 is 4.74 Å². The Morgan fingerprint density at radius 3 is 1.18 bits per heavy atom. The molecule has 0 amide bonds. The summed E-state index contributed by atoms with van der Waals surface area (Å²) in [5.41, 5.74) is 0. The first-order valence-corrected chi connectivity index (χ1v) is 12.5. The topological polar surface area (TPSA) is 77.5 Å². The van der Waals surface area contributed by atoms with Crippen LogP contribution in [-0.2, 0) is 19.7 Å². The molecule has 4 rings (SSSR count). The summed E-state index contributed by atoms with van der Waals surface area (Å²) in [6, 6.07) is 20.1. The third-order valence-electron chi connectivity index (χ3n) is 4.75. The lowest BCUT2D eigenvalue weighted by atomic mass is 10.3. The Labute approximate surface area is 189 Å². The van der Waals surface area contributed by atoms with Gasteiger partial charge in [0, 0.05) is 0 Å². The van der Waals surface area contributed by atoms with E-state index in [1.165, 1.54) is 48.5 Å². The van der Waals surface area contributed by atoms with E-state index >= 15 is 0 Å². The highest BCUT2D eigenvalue weighted by Crippen LogP contribution is 2.36.